The van der Waals surface area contributed by atoms with Crippen molar-refractivity contribution in [2.45, 2.75) is 85.2 Å². The number of benzene rings is 2. The van der Waals surface area contributed by atoms with Gasteiger partial charge in [-0.15, -0.1) is 0 Å². The fourth-order valence-corrected chi connectivity index (χ4v) is 6.33. The summed E-state index contributed by atoms with van der Waals surface area (Å²) in [5.74, 6) is -0.522. The lowest BCUT2D eigenvalue weighted by Crippen LogP contribution is -2.56. The van der Waals surface area contributed by atoms with Gasteiger partial charge in [-0.25, -0.2) is 22.9 Å². The highest BCUT2D eigenvalue weighted by Gasteiger charge is 2.36. The molecule has 286 valence electrons. The summed E-state index contributed by atoms with van der Waals surface area (Å²) in [4.78, 5) is 49.1. The van der Waals surface area contributed by atoms with Gasteiger partial charge < -0.3 is 24.8 Å². The molecule has 14 nitrogen and oxygen atoms in total. The Morgan fingerprint density at radius 2 is 1.74 bits per heavy atom. The second-order valence-corrected chi connectivity index (χ2v) is 16.4. The Kier molecular flexibility index (Phi) is 13.7. The van der Waals surface area contributed by atoms with Crippen LogP contribution in [0.25, 0.3) is 17.5 Å². The number of hydrogen-bond acceptors (Lipinski definition) is 11. The lowest BCUT2D eigenvalue weighted by molar-refractivity contribution is -0.132. The number of ether oxygens (including phenoxy) is 3. The van der Waals surface area contributed by atoms with Crippen LogP contribution in [0, 0.1) is 5.41 Å². The van der Waals surface area contributed by atoms with Crippen LogP contribution in [0.5, 0.6) is 11.6 Å². The van der Waals surface area contributed by atoms with E-state index in [0.717, 1.165) is 5.56 Å². The molecular formula is C38H50N6O8S. The van der Waals surface area contributed by atoms with Crippen LogP contribution in [-0.2, 0) is 29.1 Å². The first-order valence-corrected chi connectivity index (χ1v) is 19.2. The topological polar surface area (TPSA) is 187 Å². The molecule has 4 N–H and O–H groups in total. The summed E-state index contributed by atoms with van der Waals surface area (Å²) in [7, 11) is -4.01. The van der Waals surface area contributed by atoms with Crippen LogP contribution in [0.2, 0.25) is 0 Å². The van der Waals surface area contributed by atoms with E-state index in [1.165, 1.54) is 0 Å². The minimum absolute atomic E-state index is 0.0617. The summed E-state index contributed by atoms with van der Waals surface area (Å²) in [6, 6.07) is 14.6. The van der Waals surface area contributed by atoms with Crippen LogP contribution in [0.4, 0.5) is 4.79 Å². The number of nitrogens with one attached hydrogen (secondary N) is 4. The van der Waals surface area contributed by atoms with Gasteiger partial charge >= 0.3 is 6.09 Å². The van der Waals surface area contributed by atoms with E-state index in [9.17, 15) is 22.8 Å². The second-order valence-electron chi connectivity index (χ2n) is 14.6. The van der Waals surface area contributed by atoms with Crippen molar-refractivity contribution in [3.05, 3.63) is 78.0 Å². The van der Waals surface area contributed by atoms with Crippen molar-refractivity contribution < 1.29 is 37.0 Å². The normalized spacial score (nSPS) is 19.5. The van der Waals surface area contributed by atoms with Crippen molar-refractivity contribution in [1.29, 1.82) is 0 Å². The number of aromatic nitrogens is 2. The minimum Gasteiger partial charge on any atom is -0.444 e. The Morgan fingerprint density at radius 3 is 2.38 bits per heavy atom. The third kappa shape index (κ3) is 12.6. The number of allylic oxidation sites excluding steroid dienone is 1. The van der Waals surface area contributed by atoms with Crippen LogP contribution in [0.15, 0.2) is 66.9 Å². The molecule has 3 atom stereocenters. The van der Waals surface area contributed by atoms with E-state index in [4.69, 9.17) is 19.2 Å². The average Bonchev–Trinajstić information content (AvgIpc) is 3.07. The molecule has 0 spiro atoms. The summed E-state index contributed by atoms with van der Waals surface area (Å²) >= 11 is 0. The van der Waals surface area contributed by atoms with Crippen LogP contribution in [-0.4, -0.2) is 73.1 Å². The highest BCUT2D eigenvalue weighted by molar-refractivity contribution is 7.90. The molecule has 2 aromatic carbocycles. The first kappa shape index (κ1) is 40.9. The summed E-state index contributed by atoms with van der Waals surface area (Å²) < 4.78 is 45.2. The molecule has 0 fully saturated rings. The lowest BCUT2D eigenvalue weighted by Gasteiger charge is -2.33. The second kappa shape index (κ2) is 17.8. The van der Waals surface area contributed by atoms with Crippen LogP contribution in [0.3, 0.4) is 0 Å². The van der Waals surface area contributed by atoms with Gasteiger partial charge in [0.15, 0.2) is 12.1 Å². The van der Waals surface area contributed by atoms with Crippen LogP contribution in [0.1, 0.15) is 78.5 Å². The van der Waals surface area contributed by atoms with Crippen molar-refractivity contribution >= 4 is 34.0 Å². The number of carbonyl (C=O) groups is 3. The van der Waals surface area contributed by atoms with Gasteiger partial charge in [-0.05, 0) is 63.6 Å². The Labute approximate surface area is 311 Å². The minimum atomic E-state index is -4.01. The molecule has 0 unspecified atom stereocenters. The standard InChI is InChI=1S/C38H50N6O8S/c1-8-50-35-33(46)44-53(48,49)22-14-10-13-17-27-23-39-31(26-15-11-9-12-16-26)43-34(27)51-28-20-18-25(19-21-28)29(24-40-35)41-32(45)30(37(2,3)4)42-36(47)52-38(5,6)7/h9,11-13,15-21,23,29-30,35,40H,8,10,14,22,24H2,1-7H3,(H,41,45)(H,42,47)(H,44,46)/b17-13+/t29-,30-,35+/m1/s1. The van der Waals surface area contributed by atoms with Crippen LogP contribution >= 0.6 is 0 Å². The van der Waals surface area contributed by atoms with Gasteiger partial charge in [0.25, 0.3) is 5.91 Å². The van der Waals surface area contributed by atoms with E-state index in [1.54, 1.807) is 91.1 Å². The number of hydrogen-bond donors (Lipinski definition) is 4. The zero-order valence-electron chi connectivity index (χ0n) is 31.3. The molecule has 15 heteroatoms. The summed E-state index contributed by atoms with van der Waals surface area (Å²) in [5.41, 5.74) is 0.461. The molecule has 3 heterocycles. The molecule has 3 amide bonds. The molecule has 2 bridgehead atoms. The van der Waals surface area contributed by atoms with E-state index in [2.05, 4.69) is 25.7 Å². The molecule has 5 rings (SSSR count). The van der Waals surface area contributed by atoms with Gasteiger partial charge in [-0.3, -0.25) is 14.9 Å². The van der Waals surface area contributed by atoms with Gasteiger partial charge in [-0.2, -0.15) is 4.98 Å². The molecule has 1 aromatic heterocycles. The predicted octanol–water partition coefficient (Wildman–Crippen LogP) is 5.24. The zero-order chi connectivity index (χ0) is 38.8. The third-order valence-electron chi connectivity index (χ3n) is 7.83. The lowest BCUT2D eigenvalue weighted by atomic mass is 9.86. The van der Waals surface area contributed by atoms with Gasteiger partial charge in [0.2, 0.25) is 21.8 Å². The van der Waals surface area contributed by atoms with Crippen molar-refractivity contribution in [3.63, 3.8) is 0 Å². The van der Waals surface area contributed by atoms with Gasteiger partial charge in [0.1, 0.15) is 17.4 Å². The van der Waals surface area contributed by atoms with Gasteiger partial charge in [-0.1, -0.05) is 75.4 Å². The van der Waals surface area contributed by atoms with Gasteiger partial charge in [0, 0.05) is 24.9 Å². The molecule has 0 aliphatic carbocycles. The maximum absolute atomic E-state index is 13.9. The zero-order valence-corrected chi connectivity index (χ0v) is 32.1. The Hall–Kier alpha value is -4.86. The molecular weight excluding hydrogens is 701 g/mol. The van der Waals surface area contributed by atoms with Crippen LogP contribution < -0.4 is 25.4 Å². The molecule has 2 aliphatic rings. The Bertz CT molecular complexity index is 1860. The first-order valence-electron chi connectivity index (χ1n) is 17.5. The number of carbonyl (C=O) groups excluding carboxylic acids is 3. The fraction of sp³-hybridized carbons (Fsp3) is 0.447. The molecule has 0 saturated heterocycles. The van der Waals surface area contributed by atoms with Crippen molar-refractivity contribution in [1.82, 2.24) is 30.6 Å². The highest BCUT2D eigenvalue weighted by Crippen LogP contribution is 2.29. The maximum atomic E-state index is 13.9. The number of nitrogens with zero attached hydrogens (tertiary/aromatic N) is 2. The quantitative estimate of drug-likeness (QED) is 0.258. The van der Waals surface area contributed by atoms with E-state index < -0.39 is 57.3 Å². The average molecular weight is 751 g/mol. The SMILES string of the molecule is CCO[C@@H]1NC[C@@H](NC(=O)[C@@H](NC(=O)OC(C)(C)C)C(C)(C)C)c2ccc(cc2)Oc2nc(-c3ccccc3)ncc2/C=C/CCCS(=O)(=O)NC1=O. The molecule has 0 saturated carbocycles. The summed E-state index contributed by atoms with van der Waals surface area (Å²) in [5, 5.41) is 8.64. The van der Waals surface area contributed by atoms with E-state index >= 15 is 0 Å². The molecule has 2 aliphatic heterocycles. The number of fused-ring (bicyclic) bond motifs is 12. The monoisotopic (exact) mass is 750 g/mol. The van der Waals surface area contributed by atoms with Gasteiger partial charge in [0.05, 0.1) is 17.4 Å². The molecule has 53 heavy (non-hydrogen) atoms. The number of sulfonamides is 1. The molecule has 3 aromatic rings. The van der Waals surface area contributed by atoms with Crippen molar-refractivity contribution in [3.8, 4) is 23.0 Å². The predicted molar refractivity (Wildman–Crippen MR) is 201 cm³/mol. The fourth-order valence-electron chi connectivity index (χ4n) is 5.26. The Balaban J connectivity index is 1.72. The number of rotatable bonds is 6. The van der Waals surface area contributed by atoms with Crippen molar-refractivity contribution in [2.24, 2.45) is 5.41 Å². The first-order chi connectivity index (χ1) is 24.9. The van der Waals surface area contributed by atoms with E-state index in [0.29, 0.717) is 29.1 Å². The summed E-state index contributed by atoms with van der Waals surface area (Å²) in [6.07, 6.45) is 3.69. The van der Waals surface area contributed by atoms with Crippen molar-refractivity contribution in [2.75, 3.05) is 18.9 Å². The maximum Gasteiger partial charge on any atom is 0.408 e. The number of amides is 3. The molecule has 0 radical (unpaired) electrons. The largest absolute Gasteiger partial charge is 0.444 e. The van der Waals surface area contributed by atoms with E-state index in [-0.39, 0.29) is 31.2 Å². The summed E-state index contributed by atoms with van der Waals surface area (Å²) in [6.45, 7) is 12.3. The third-order valence-corrected chi connectivity index (χ3v) is 9.17. The number of alkyl carbamates (subject to hydrolysis) is 1. The highest BCUT2D eigenvalue weighted by atomic mass is 32.2. The Morgan fingerprint density at radius 1 is 1.04 bits per heavy atom. The smallest absolute Gasteiger partial charge is 0.408 e. The van der Waals surface area contributed by atoms with E-state index in [1.807, 2.05) is 30.3 Å².